The molecule has 1 heterocycles. The minimum absolute atomic E-state index is 0.0176. The van der Waals surface area contributed by atoms with Gasteiger partial charge in [-0.15, -0.1) is 0 Å². The lowest BCUT2D eigenvalue weighted by Gasteiger charge is -2.16. The highest BCUT2D eigenvalue weighted by Gasteiger charge is 2.67. The van der Waals surface area contributed by atoms with Crippen molar-refractivity contribution in [2.75, 3.05) is 0 Å². The van der Waals surface area contributed by atoms with Crippen molar-refractivity contribution in [1.82, 2.24) is 5.16 Å². The van der Waals surface area contributed by atoms with E-state index in [1.807, 2.05) is 0 Å². The van der Waals surface area contributed by atoms with Crippen LogP contribution in [0.4, 0.5) is 0 Å². The van der Waals surface area contributed by atoms with Crippen LogP contribution in [0.3, 0.4) is 0 Å². The molecule has 1 aliphatic carbocycles. The SMILES string of the molecule is O=[N+]([O-])C1([N+](=O)[O-])CCCc2c1no[n+]2[O-]. The third-order valence-electron chi connectivity index (χ3n) is 2.62. The highest BCUT2D eigenvalue weighted by molar-refractivity contribution is 5.14. The number of hydrogen-bond donors (Lipinski definition) is 0. The molecule has 10 nitrogen and oxygen atoms in total. The first-order chi connectivity index (χ1) is 7.50. The predicted octanol–water partition coefficient (Wildman–Crippen LogP) is -0.649. The molecule has 0 amide bonds. The molecule has 0 fully saturated rings. The van der Waals surface area contributed by atoms with Crippen molar-refractivity contribution in [2.24, 2.45) is 0 Å². The Morgan fingerprint density at radius 1 is 1.38 bits per heavy atom. The van der Waals surface area contributed by atoms with Gasteiger partial charge in [0.1, 0.15) is 9.85 Å². The molecule has 0 bridgehead atoms. The van der Waals surface area contributed by atoms with Crippen molar-refractivity contribution in [3.8, 4) is 0 Å². The molecule has 1 aliphatic rings. The second-order valence-corrected chi connectivity index (χ2v) is 3.41. The molecule has 0 radical (unpaired) electrons. The van der Waals surface area contributed by atoms with Crippen LogP contribution in [0.25, 0.3) is 0 Å². The zero-order chi connectivity index (χ0) is 11.9. The normalized spacial score (nSPS) is 17.8. The summed E-state index contributed by atoms with van der Waals surface area (Å²) < 4.78 is 4.18. The van der Waals surface area contributed by atoms with Crippen LogP contribution in [0.15, 0.2) is 4.63 Å². The molecule has 1 aromatic rings. The molecule has 0 atom stereocenters. The number of hydrogen-bond acceptors (Lipinski definition) is 7. The Hall–Kier alpha value is -2.26. The van der Waals surface area contributed by atoms with Crippen LogP contribution >= 0.6 is 0 Å². The summed E-state index contributed by atoms with van der Waals surface area (Å²) in [5.74, 6) is 0. The van der Waals surface area contributed by atoms with E-state index in [0.717, 1.165) is 0 Å². The Morgan fingerprint density at radius 2 is 2.00 bits per heavy atom. The molecule has 0 spiro atoms. The van der Waals surface area contributed by atoms with E-state index in [0.29, 0.717) is 0 Å². The third-order valence-corrected chi connectivity index (χ3v) is 2.62. The van der Waals surface area contributed by atoms with Crippen LogP contribution in [-0.4, -0.2) is 15.0 Å². The summed E-state index contributed by atoms with van der Waals surface area (Å²) in [5.41, 5.74) is -3.18. The highest BCUT2D eigenvalue weighted by atomic mass is 16.8. The monoisotopic (exact) mass is 230 g/mol. The van der Waals surface area contributed by atoms with Crippen LogP contribution in [-0.2, 0) is 12.1 Å². The molecule has 0 saturated carbocycles. The molecule has 0 N–H and O–H groups in total. The van der Waals surface area contributed by atoms with E-state index in [9.17, 15) is 25.4 Å². The third kappa shape index (κ3) is 1.06. The van der Waals surface area contributed by atoms with E-state index >= 15 is 0 Å². The Labute approximate surface area is 87.3 Å². The fourth-order valence-corrected chi connectivity index (χ4v) is 1.82. The summed E-state index contributed by atoms with van der Waals surface area (Å²) in [5, 5.41) is 35.9. The number of nitro groups is 2. The largest absolute Gasteiger partial charge is 0.528 e. The predicted molar refractivity (Wildman–Crippen MR) is 44.1 cm³/mol. The fraction of sp³-hybridized carbons (Fsp3) is 0.667. The van der Waals surface area contributed by atoms with Gasteiger partial charge in [-0.3, -0.25) is 24.9 Å². The Kier molecular flexibility index (Phi) is 2.00. The molecule has 0 aromatic carbocycles. The van der Waals surface area contributed by atoms with Crippen LogP contribution in [0.2, 0.25) is 0 Å². The average molecular weight is 230 g/mol. The number of fused-ring (bicyclic) bond motifs is 1. The maximum atomic E-state index is 11.0. The Balaban J connectivity index is 2.66. The molecule has 10 heteroatoms. The van der Waals surface area contributed by atoms with E-state index in [2.05, 4.69) is 9.79 Å². The molecule has 86 valence electrons. The van der Waals surface area contributed by atoms with Gasteiger partial charge in [0.2, 0.25) is 5.69 Å². The van der Waals surface area contributed by atoms with Gasteiger partial charge in [-0.25, -0.2) is 0 Å². The number of nitrogens with zero attached hydrogens (tertiary/aromatic N) is 4. The molecule has 1 aromatic heterocycles. The van der Waals surface area contributed by atoms with Crippen LogP contribution in [0.1, 0.15) is 24.2 Å². The van der Waals surface area contributed by atoms with Crippen molar-refractivity contribution < 1.29 is 19.4 Å². The first kappa shape index (κ1) is 10.3. The summed E-state index contributed by atoms with van der Waals surface area (Å²) >= 11 is 0. The lowest BCUT2D eigenvalue weighted by Crippen LogP contribution is -2.47. The van der Waals surface area contributed by atoms with Gasteiger partial charge in [0.25, 0.3) is 0 Å². The second kappa shape index (κ2) is 3.12. The highest BCUT2D eigenvalue weighted by Crippen LogP contribution is 2.35. The van der Waals surface area contributed by atoms with Gasteiger partial charge in [-0.2, -0.15) is 0 Å². The maximum Gasteiger partial charge on any atom is 0.528 e. The van der Waals surface area contributed by atoms with Gasteiger partial charge in [-0.1, -0.05) is 0 Å². The molecular formula is C6H6N4O6. The van der Waals surface area contributed by atoms with Crippen molar-refractivity contribution in [3.05, 3.63) is 36.8 Å². The molecule has 16 heavy (non-hydrogen) atoms. The lowest BCUT2D eigenvalue weighted by molar-refractivity contribution is -0.819. The van der Waals surface area contributed by atoms with Crippen molar-refractivity contribution in [3.63, 3.8) is 0 Å². The zero-order valence-corrected chi connectivity index (χ0v) is 7.86. The van der Waals surface area contributed by atoms with E-state index in [1.165, 1.54) is 0 Å². The van der Waals surface area contributed by atoms with Gasteiger partial charge in [0.05, 0.1) is 11.6 Å². The molecule has 0 saturated heterocycles. The summed E-state index contributed by atoms with van der Waals surface area (Å²) in [6.07, 6.45) is 0.0523. The summed E-state index contributed by atoms with van der Waals surface area (Å²) in [6, 6.07) is 0. The summed E-state index contributed by atoms with van der Waals surface area (Å²) in [7, 11) is 0. The van der Waals surface area contributed by atoms with E-state index in [-0.39, 0.29) is 29.9 Å². The van der Waals surface area contributed by atoms with Gasteiger partial charge in [0.15, 0.2) is 0 Å². The fourth-order valence-electron chi connectivity index (χ4n) is 1.82. The standard InChI is InChI=1S/C6H6N4O6/c11-8-4-2-1-3-6(9(12)13,10(14)15)5(4)7-16-8/h1-3H2. The summed E-state index contributed by atoms with van der Waals surface area (Å²) in [4.78, 5) is 19.6. The minimum Gasteiger partial charge on any atom is -0.359 e. The van der Waals surface area contributed by atoms with Gasteiger partial charge >= 0.3 is 11.4 Å². The van der Waals surface area contributed by atoms with E-state index < -0.39 is 21.2 Å². The first-order valence-electron chi connectivity index (χ1n) is 4.38. The number of aromatic nitrogens is 2. The smallest absolute Gasteiger partial charge is 0.359 e. The lowest BCUT2D eigenvalue weighted by atomic mass is 9.90. The van der Waals surface area contributed by atoms with Crippen LogP contribution in [0, 0.1) is 25.4 Å². The Bertz CT molecular complexity index is 454. The number of rotatable bonds is 2. The van der Waals surface area contributed by atoms with Crippen molar-refractivity contribution in [1.29, 1.82) is 0 Å². The molecule has 0 aliphatic heterocycles. The van der Waals surface area contributed by atoms with E-state index in [4.69, 9.17) is 0 Å². The molecule has 2 rings (SSSR count). The zero-order valence-electron chi connectivity index (χ0n) is 7.86. The summed E-state index contributed by atoms with van der Waals surface area (Å²) in [6.45, 7) is 0. The van der Waals surface area contributed by atoms with Crippen LogP contribution in [0.5, 0.6) is 0 Å². The van der Waals surface area contributed by atoms with Crippen LogP contribution < -0.4 is 4.90 Å². The topological polar surface area (TPSA) is 139 Å². The molecule has 0 unspecified atom stereocenters. The van der Waals surface area contributed by atoms with Gasteiger partial charge in [0, 0.05) is 6.42 Å². The second-order valence-electron chi connectivity index (χ2n) is 3.41. The van der Waals surface area contributed by atoms with Gasteiger partial charge in [-0.05, 0) is 11.3 Å². The average Bonchev–Trinajstić information content (AvgIpc) is 2.60. The first-order valence-corrected chi connectivity index (χ1v) is 4.38. The van der Waals surface area contributed by atoms with Crippen molar-refractivity contribution in [2.45, 2.75) is 24.9 Å². The minimum atomic E-state index is -2.55. The maximum absolute atomic E-state index is 11.0. The Morgan fingerprint density at radius 3 is 2.56 bits per heavy atom. The molecular weight excluding hydrogens is 224 g/mol. The van der Waals surface area contributed by atoms with Crippen molar-refractivity contribution >= 4 is 0 Å². The van der Waals surface area contributed by atoms with E-state index in [1.54, 1.807) is 0 Å². The van der Waals surface area contributed by atoms with Gasteiger partial charge < -0.3 is 5.21 Å². The quantitative estimate of drug-likeness (QED) is 0.284.